The molecule has 3 rings (SSSR count). The number of hydrogen-bond acceptors (Lipinski definition) is 13. The van der Waals surface area contributed by atoms with Gasteiger partial charge in [-0.15, -0.1) is 0 Å². The summed E-state index contributed by atoms with van der Waals surface area (Å²) in [5, 5.41) is 26.4. The molecule has 4 N–H and O–H groups in total. The van der Waals surface area contributed by atoms with Crippen LogP contribution >= 0.6 is 12.2 Å². The van der Waals surface area contributed by atoms with Crippen LogP contribution in [-0.4, -0.2) is 151 Å². The first-order valence-corrected chi connectivity index (χ1v) is 15.9. The maximum atomic E-state index is 12.4. The lowest BCUT2D eigenvalue weighted by Gasteiger charge is -2.43. The van der Waals surface area contributed by atoms with Crippen LogP contribution in [0.15, 0.2) is 18.2 Å². The number of nitrogens with zero attached hydrogens (tertiary/aromatic N) is 4. The van der Waals surface area contributed by atoms with E-state index >= 15 is 0 Å². The highest BCUT2D eigenvalue weighted by atomic mass is 32.1. The summed E-state index contributed by atoms with van der Waals surface area (Å²) in [6.07, 6.45) is 1.67. The van der Waals surface area contributed by atoms with Crippen molar-refractivity contribution in [2.24, 2.45) is 5.92 Å². The van der Waals surface area contributed by atoms with E-state index in [4.69, 9.17) is 31.4 Å². The molecule has 2 aliphatic rings. The molecule has 1 fully saturated rings. The normalized spacial score (nSPS) is 20.9. The molecule has 1 aromatic heterocycles. The Hall–Kier alpha value is -3.64. The molecule has 3 atom stereocenters. The van der Waals surface area contributed by atoms with Crippen LogP contribution in [0.4, 0.5) is 4.79 Å². The molecule has 1 aliphatic carbocycles. The van der Waals surface area contributed by atoms with E-state index in [1.165, 1.54) is 14.2 Å². The number of carboxylic acid groups (broad SMARTS) is 2. The molecule has 1 unspecified atom stereocenters. The minimum absolute atomic E-state index is 0.0182. The molecule has 1 aromatic rings. The molecule has 17 heteroatoms. The van der Waals surface area contributed by atoms with Gasteiger partial charge in [0.2, 0.25) is 0 Å². The lowest BCUT2D eigenvalue weighted by molar-refractivity contribution is -0.143. The van der Waals surface area contributed by atoms with Crippen LogP contribution in [0.5, 0.6) is 0 Å². The highest BCUT2D eigenvalue weighted by molar-refractivity contribution is 7.80. The van der Waals surface area contributed by atoms with Gasteiger partial charge < -0.3 is 39.8 Å². The van der Waals surface area contributed by atoms with Gasteiger partial charge in [0.05, 0.1) is 58.5 Å². The van der Waals surface area contributed by atoms with Gasteiger partial charge in [-0.2, -0.15) is 0 Å². The van der Waals surface area contributed by atoms with Gasteiger partial charge >= 0.3 is 24.1 Å². The van der Waals surface area contributed by atoms with Crippen molar-refractivity contribution in [3.63, 3.8) is 0 Å². The number of hydrogen-bond donors (Lipinski definition) is 4. The number of ether oxygens (including phenoxy) is 4. The summed E-state index contributed by atoms with van der Waals surface area (Å²) >= 11 is 5.50. The molecule has 16 nitrogen and oxygen atoms in total. The molecular formula is C30H46N6O10S. The van der Waals surface area contributed by atoms with Gasteiger partial charge in [0.1, 0.15) is 6.61 Å². The van der Waals surface area contributed by atoms with Gasteiger partial charge in [-0.25, -0.2) is 4.79 Å². The summed E-state index contributed by atoms with van der Waals surface area (Å²) in [5.41, 5.74) is 1.36. The van der Waals surface area contributed by atoms with Crippen molar-refractivity contribution >= 4 is 41.4 Å². The average Bonchev–Trinajstić information content (AvgIpc) is 3.01. The summed E-state index contributed by atoms with van der Waals surface area (Å²) < 4.78 is 19.5. The van der Waals surface area contributed by atoms with Crippen molar-refractivity contribution < 1.29 is 48.3 Å². The number of thiocarbonyl (C=S) groups is 1. The van der Waals surface area contributed by atoms with Crippen LogP contribution in [0.2, 0.25) is 0 Å². The van der Waals surface area contributed by atoms with Crippen LogP contribution in [0.3, 0.4) is 0 Å². The summed E-state index contributed by atoms with van der Waals surface area (Å²) in [7, 11) is 2.55. The first-order valence-electron chi connectivity index (χ1n) is 15.5. The monoisotopic (exact) mass is 682 g/mol. The van der Waals surface area contributed by atoms with Crippen LogP contribution in [0.25, 0.3) is 0 Å². The first kappa shape index (κ1) is 37.8. The number of esters is 1. The Kier molecular flexibility index (Phi) is 16.0. The second kappa shape index (κ2) is 19.9. The Morgan fingerprint density at radius 3 is 2.32 bits per heavy atom. The SMILES string of the molecule is COC(=O)CN1CCN(CC(=O)O)Cc2cccc(n2)CN(CC(=O)O)[C@@H](C[C@H]2CCC2NC(=S)NCCOCCOC(=O)OC)C1. The van der Waals surface area contributed by atoms with Gasteiger partial charge in [-0.1, -0.05) is 6.07 Å². The third-order valence-corrected chi connectivity index (χ3v) is 8.33. The molecule has 0 saturated heterocycles. The molecule has 1 saturated carbocycles. The Balaban J connectivity index is 1.70. The lowest BCUT2D eigenvalue weighted by atomic mass is 9.75. The zero-order valence-electron chi connectivity index (χ0n) is 26.9. The van der Waals surface area contributed by atoms with Crippen molar-refractivity contribution in [3.05, 3.63) is 29.6 Å². The number of aliphatic carboxylic acids is 2. The fourth-order valence-corrected chi connectivity index (χ4v) is 5.88. The molecule has 2 bridgehead atoms. The van der Waals surface area contributed by atoms with Crippen molar-refractivity contribution in [1.29, 1.82) is 0 Å². The van der Waals surface area contributed by atoms with Crippen molar-refractivity contribution in [2.75, 3.05) is 79.9 Å². The Morgan fingerprint density at radius 2 is 1.66 bits per heavy atom. The molecule has 0 amide bonds. The van der Waals surface area contributed by atoms with E-state index in [9.17, 15) is 29.4 Å². The molecule has 1 aliphatic heterocycles. The molecule has 0 spiro atoms. The molecule has 2 heterocycles. The molecule has 0 radical (unpaired) electrons. The maximum Gasteiger partial charge on any atom is 0.508 e. The van der Waals surface area contributed by atoms with E-state index < -0.39 is 24.1 Å². The fraction of sp³-hybridized carbons (Fsp3) is 0.667. The van der Waals surface area contributed by atoms with Gasteiger partial charge in [0.15, 0.2) is 5.11 Å². The number of fused-ring (bicyclic) bond motifs is 2. The summed E-state index contributed by atoms with van der Waals surface area (Å²) in [5.74, 6) is -2.19. The van der Waals surface area contributed by atoms with Gasteiger partial charge in [-0.3, -0.25) is 34.1 Å². The van der Waals surface area contributed by atoms with E-state index in [1.807, 2.05) is 28.0 Å². The predicted octanol–water partition coefficient (Wildman–Crippen LogP) is 0.144. The maximum absolute atomic E-state index is 12.4. The minimum Gasteiger partial charge on any atom is -0.480 e. The van der Waals surface area contributed by atoms with Crippen LogP contribution in [0, 0.1) is 5.92 Å². The standard InChI is InChI=1S/C30H46N6O10S/c1-43-28(41)20-35-10-9-34(18-26(37)38)15-22-4-3-5-23(32-22)16-36(19-27(39)40)24(17-35)14-21-6-7-25(21)33-29(47)31-8-11-45-12-13-46-30(42)44-2/h3-5,21,24-25H,6-20H2,1-2H3,(H,37,38)(H,39,40)(H2,31,33,47)/t21-,24+,25?/m1/s1. The highest BCUT2D eigenvalue weighted by Crippen LogP contribution is 2.33. The fourth-order valence-electron chi connectivity index (χ4n) is 5.63. The zero-order chi connectivity index (χ0) is 34.2. The Labute approximate surface area is 279 Å². The minimum atomic E-state index is -0.974. The van der Waals surface area contributed by atoms with Crippen molar-refractivity contribution in [2.45, 2.75) is 44.4 Å². The largest absolute Gasteiger partial charge is 0.508 e. The van der Waals surface area contributed by atoms with E-state index in [1.54, 1.807) is 4.90 Å². The Bertz CT molecular complexity index is 1210. The summed E-state index contributed by atoms with van der Waals surface area (Å²) in [6.45, 7) is 2.34. The van der Waals surface area contributed by atoms with Gasteiger partial charge in [0.25, 0.3) is 0 Å². The number of aromatic nitrogens is 1. The number of nitrogens with one attached hydrogen (secondary N) is 2. The highest BCUT2D eigenvalue weighted by Gasteiger charge is 2.36. The van der Waals surface area contributed by atoms with Crippen molar-refractivity contribution in [1.82, 2.24) is 30.3 Å². The average molecular weight is 683 g/mol. The summed E-state index contributed by atoms with van der Waals surface area (Å²) in [4.78, 5) is 57.4. The van der Waals surface area contributed by atoms with Gasteiger partial charge in [-0.05, 0) is 49.5 Å². The Morgan fingerprint density at radius 1 is 0.936 bits per heavy atom. The molecule has 262 valence electrons. The third kappa shape index (κ3) is 13.9. The lowest BCUT2D eigenvalue weighted by Crippen LogP contribution is -2.54. The number of rotatable bonds is 15. The molecule has 0 aromatic carbocycles. The van der Waals surface area contributed by atoms with E-state index in [0.717, 1.165) is 12.8 Å². The number of pyridine rings is 1. The predicted molar refractivity (Wildman–Crippen MR) is 171 cm³/mol. The van der Waals surface area contributed by atoms with E-state index in [2.05, 4.69) is 15.4 Å². The smallest absolute Gasteiger partial charge is 0.480 e. The van der Waals surface area contributed by atoms with Crippen LogP contribution in [0.1, 0.15) is 30.7 Å². The molecule has 47 heavy (non-hydrogen) atoms. The van der Waals surface area contributed by atoms with Crippen LogP contribution in [-0.2, 0) is 46.4 Å². The topological polar surface area (TPSA) is 192 Å². The summed E-state index contributed by atoms with van der Waals surface area (Å²) in [6, 6.07) is 5.30. The number of carbonyl (C=O) groups excluding carboxylic acids is 2. The molecular weight excluding hydrogens is 636 g/mol. The second-order valence-corrected chi connectivity index (χ2v) is 11.9. The second-order valence-electron chi connectivity index (χ2n) is 11.5. The number of methoxy groups -OCH3 is 2. The third-order valence-electron chi connectivity index (χ3n) is 8.07. The quantitative estimate of drug-likeness (QED) is 0.111. The number of carboxylic acids is 2. The van der Waals surface area contributed by atoms with Crippen molar-refractivity contribution in [3.8, 4) is 0 Å². The van der Waals surface area contributed by atoms with E-state index in [0.29, 0.717) is 62.3 Å². The van der Waals surface area contributed by atoms with Gasteiger partial charge in [0, 0.05) is 51.4 Å². The van der Waals surface area contributed by atoms with Crippen LogP contribution < -0.4 is 10.6 Å². The zero-order valence-corrected chi connectivity index (χ0v) is 27.7. The van der Waals surface area contributed by atoms with E-state index in [-0.39, 0.29) is 57.4 Å². The first-order chi connectivity index (χ1) is 22.6. The number of carbonyl (C=O) groups is 4.